The summed E-state index contributed by atoms with van der Waals surface area (Å²) < 4.78 is 10.1. The molecule has 0 aliphatic carbocycles. The smallest absolute Gasteiger partial charge is 0.327 e. The Morgan fingerprint density at radius 1 is 0.933 bits per heavy atom. The molecule has 1 heterocycles. The number of nitrogens with zero attached hydrogens (tertiary/aromatic N) is 2. The second kappa shape index (κ2) is 9.88. The van der Waals surface area contributed by atoms with Crippen LogP contribution in [0, 0.1) is 0 Å². The van der Waals surface area contributed by atoms with Gasteiger partial charge in [0.1, 0.15) is 6.04 Å². The van der Waals surface area contributed by atoms with Crippen LogP contribution in [-0.2, 0) is 9.53 Å². The van der Waals surface area contributed by atoms with E-state index >= 15 is 0 Å². The average molecular weight is 472 g/mol. The topological polar surface area (TPSA) is 59.1 Å². The maximum absolute atomic E-state index is 12.9. The Hall–Kier alpha value is -1.99. The Bertz CT molecular complexity index is 923. The number of carbonyl (C=O) groups is 2. The van der Waals surface area contributed by atoms with Gasteiger partial charge >= 0.3 is 5.97 Å². The van der Waals surface area contributed by atoms with Crippen molar-refractivity contribution in [2.45, 2.75) is 6.04 Å². The van der Waals surface area contributed by atoms with Crippen molar-refractivity contribution in [3.63, 3.8) is 0 Å². The fourth-order valence-corrected chi connectivity index (χ4v) is 4.41. The first-order valence-electron chi connectivity index (χ1n) is 9.26. The molecule has 2 aromatic rings. The molecule has 0 radical (unpaired) electrons. The molecule has 1 amide bonds. The molecule has 0 bridgehead atoms. The summed E-state index contributed by atoms with van der Waals surface area (Å²) in [6.07, 6.45) is 0. The molecule has 9 heteroatoms. The SMILES string of the molecule is COC(=O)C(c1ccccc1Cl)N1CCN(C(=O)c2cc(Cl)c(OC)c(Cl)c2)CC1. The lowest BCUT2D eigenvalue weighted by molar-refractivity contribution is -0.148. The van der Waals surface area contributed by atoms with Crippen molar-refractivity contribution in [3.05, 3.63) is 62.6 Å². The molecular formula is C21H21Cl3N2O4. The van der Waals surface area contributed by atoms with E-state index in [0.717, 1.165) is 0 Å². The van der Waals surface area contributed by atoms with Crippen molar-refractivity contribution < 1.29 is 19.1 Å². The Kier molecular flexibility index (Phi) is 7.47. The number of rotatable bonds is 5. The molecular weight excluding hydrogens is 451 g/mol. The van der Waals surface area contributed by atoms with E-state index in [9.17, 15) is 9.59 Å². The number of hydrogen-bond donors (Lipinski definition) is 0. The molecule has 1 atom stereocenters. The molecule has 160 valence electrons. The summed E-state index contributed by atoms with van der Waals surface area (Å²) in [5, 5.41) is 1.04. The highest BCUT2D eigenvalue weighted by molar-refractivity contribution is 6.37. The molecule has 1 saturated heterocycles. The van der Waals surface area contributed by atoms with Crippen LogP contribution in [0.3, 0.4) is 0 Å². The summed E-state index contributed by atoms with van der Waals surface area (Å²) in [6, 6.07) is 9.64. The number of amides is 1. The van der Waals surface area contributed by atoms with E-state index in [0.29, 0.717) is 48.1 Å². The van der Waals surface area contributed by atoms with Crippen LogP contribution >= 0.6 is 34.8 Å². The third kappa shape index (κ3) is 4.67. The minimum absolute atomic E-state index is 0.187. The van der Waals surface area contributed by atoms with Crippen LogP contribution in [-0.4, -0.2) is 62.1 Å². The lowest BCUT2D eigenvalue weighted by Gasteiger charge is -2.38. The molecule has 1 unspecified atom stereocenters. The molecule has 3 rings (SSSR count). The maximum atomic E-state index is 12.9. The molecule has 1 aliphatic heterocycles. The molecule has 2 aromatic carbocycles. The Morgan fingerprint density at radius 3 is 2.07 bits per heavy atom. The minimum Gasteiger partial charge on any atom is -0.494 e. The first-order chi connectivity index (χ1) is 14.4. The van der Waals surface area contributed by atoms with Crippen molar-refractivity contribution in [2.75, 3.05) is 40.4 Å². The van der Waals surface area contributed by atoms with Gasteiger partial charge in [-0.25, -0.2) is 4.79 Å². The average Bonchev–Trinajstić information content (AvgIpc) is 2.74. The maximum Gasteiger partial charge on any atom is 0.327 e. The van der Waals surface area contributed by atoms with E-state index in [-0.39, 0.29) is 16.0 Å². The lowest BCUT2D eigenvalue weighted by Crippen LogP contribution is -2.51. The van der Waals surface area contributed by atoms with Gasteiger partial charge in [0.15, 0.2) is 5.75 Å². The normalized spacial score (nSPS) is 15.6. The highest BCUT2D eigenvalue weighted by Crippen LogP contribution is 2.34. The van der Waals surface area contributed by atoms with Crippen molar-refractivity contribution >= 4 is 46.7 Å². The lowest BCUT2D eigenvalue weighted by atomic mass is 10.0. The molecule has 1 aliphatic rings. The Morgan fingerprint density at radius 2 is 1.53 bits per heavy atom. The number of hydrogen-bond acceptors (Lipinski definition) is 5. The number of carbonyl (C=O) groups excluding carboxylic acids is 2. The van der Waals surface area contributed by atoms with Crippen LogP contribution in [0.2, 0.25) is 15.1 Å². The van der Waals surface area contributed by atoms with Gasteiger partial charge in [0.25, 0.3) is 5.91 Å². The van der Waals surface area contributed by atoms with Gasteiger partial charge in [-0.3, -0.25) is 9.69 Å². The van der Waals surface area contributed by atoms with Gasteiger partial charge in [-0.15, -0.1) is 0 Å². The predicted octanol–water partition coefficient (Wildman–Crippen LogP) is 4.33. The minimum atomic E-state index is -0.633. The monoisotopic (exact) mass is 470 g/mol. The van der Waals surface area contributed by atoms with Crippen LogP contribution in [0.1, 0.15) is 22.0 Å². The molecule has 30 heavy (non-hydrogen) atoms. The predicted molar refractivity (Wildman–Crippen MR) is 117 cm³/mol. The third-order valence-electron chi connectivity index (χ3n) is 5.04. The van der Waals surface area contributed by atoms with Crippen molar-refractivity contribution in [1.29, 1.82) is 0 Å². The van der Waals surface area contributed by atoms with E-state index in [1.54, 1.807) is 23.1 Å². The van der Waals surface area contributed by atoms with Gasteiger partial charge in [0.2, 0.25) is 0 Å². The van der Waals surface area contributed by atoms with Gasteiger partial charge in [-0.05, 0) is 23.8 Å². The molecule has 6 nitrogen and oxygen atoms in total. The summed E-state index contributed by atoms with van der Waals surface area (Å²) in [7, 11) is 2.81. The molecule has 0 saturated carbocycles. The number of methoxy groups -OCH3 is 2. The van der Waals surface area contributed by atoms with Gasteiger partial charge < -0.3 is 14.4 Å². The number of esters is 1. The molecule has 0 N–H and O–H groups in total. The van der Waals surface area contributed by atoms with E-state index < -0.39 is 12.0 Å². The highest BCUT2D eigenvalue weighted by Gasteiger charge is 2.34. The summed E-state index contributed by atoms with van der Waals surface area (Å²) in [4.78, 5) is 29.1. The van der Waals surface area contributed by atoms with E-state index in [4.69, 9.17) is 44.3 Å². The molecule has 0 spiro atoms. The van der Waals surface area contributed by atoms with Gasteiger partial charge in [0, 0.05) is 36.8 Å². The van der Waals surface area contributed by atoms with Crippen LogP contribution < -0.4 is 4.74 Å². The molecule has 0 aromatic heterocycles. The highest BCUT2D eigenvalue weighted by atomic mass is 35.5. The first-order valence-corrected chi connectivity index (χ1v) is 10.4. The van der Waals surface area contributed by atoms with E-state index in [2.05, 4.69) is 0 Å². The van der Waals surface area contributed by atoms with E-state index in [1.807, 2.05) is 23.1 Å². The largest absolute Gasteiger partial charge is 0.494 e. The number of ether oxygens (including phenoxy) is 2. The standard InChI is InChI=1S/C21H21Cl3N2O4/c1-29-19-16(23)11-13(12-17(19)24)20(27)26-9-7-25(8-10-26)18(21(28)30-2)14-5-3-4-6-15(14)22/h3-6,11-12,18H,7-10H2,1-2H3. The van der Waals surface area contributed by atoms with Gasteiger partial charge in [-0.1, -0.05) is 53.0 Å². The zero-order valence-electron chi connectivity index (χ0n) is 16.5. The number of benzene rings is 2. The number of halogens is 3. The zero-order valence-corrected chi connectivity index (χ0v) is 18.8. The fraction of sp³-hybridized carbons (Fsp3) is 0.333. The van der Waals surface area contributed by atoms with E-state index in [1.165, 1.54) is 14.2 Å². The summed E-state index contributed by atoms with van der Waals surface area (Å²) >= 11 is 18.6. The van der Waals surface area contributed by atoms with Crippen LogP contribution in [0.4, 0.5) is 0 Å². The Balaban J connectivity index is 1.75. The third-order valence-corrected chi connectivity index (χ3v) is 5.95. The second-order valence-electron chi connectivity index (χ2n) is 6.75. The van der Waals surface area contributed by atoms with Crippen LogP contribution in [0.15, 0.2) is 36.4 Å². The summed E-state index contributed by atoms with van der Waals surface area (Å²) in [5.41, 5.74) is 1.06. The zero-order chi connectivity index (χ0) is 21.8. The molecule has 1 fully saturated rings. The summed E-state index contributed by atoms with van der Waals surface area (Å²) in [6.45, 7) is 1.82. The fourth-order valence-electron chi connectivity index (χ4n) is 3.53. The number of piperazine rings is 1. The second-order valence-corrected chi connectivity index (χ2v) is 7.97. The van der Waals surface area contributed by atoms with Crippen molar-refractivity contribution in [2.24, 2.45) is 0 Å². The first kappa shape index (κ1) is 22.7. The van der Waals surface area contributed by atoms with Crippen molar-refractivity contribution in [1.82, 2.24) is 9.80 Å². The Labute approximate surface area is 190 Å². The van der Waals surface area contributed by atoms with Gasteiger partial charge in [0.05, 0.1) is 24.3 Å². The van der Waals surface area contributed by atoms with Crippen molar-refractivity contribution in [3.8, 4) is 5.75 Å². The summed E-state index contributed by atoms with van der Waals surface area (Å²) in [5.74, 6) is -0.245. The van der Waals surface area contributed by atoms with Crippen LogP contribution in [0.25, 0.3) is 0 Å². The van der Waals surface area contributed by atoms with Gasteiger partial charge in [-0.2, -0.15) is 0 Å². The van der Waals surface area contributed by atoms with Crippen LogP contribution in [0.5, 0.6) is 5.75 Å². The quantitative estimate of drug-likeness (QED) is 0.608.